The summed E-state index contributed by atoms with van der Waals surface area (Å²) in [6.07, 6.45) is 1.55. The van der Waals surface area contributed by atoms with Gasteiger partial charge in [-0.2, -0.15) is 0 Å². The SMILES string of the molecule is [C-]#[N+]/C(C)=C\O[Si](C)(C)C. The summed E-state index contributed by atoms with van der Waals surface area (Å²) in [5.74, 6) is 0. The minimum absolute atomic E-state index is 0.613. The first-order valence-electron chi connectivity index (χ1n) is 3.18. The van der Waals surface area contributed by atoms with Gasteiger partial charge in [0.1, 0.15) is 0 Å². The smallest absolute Gasteiger partial charge is 0.239 e. The van der Waals surface area contributed by atoms with Crippen molar-refractivity contribution in [1.29, 1.82) is 0 Å². The number of rotatable bonds is 2. The summed E-state index contributed by atoms with van der Waals surface area (Å²) in [6.45, 7) is 14.6. The van der Waals surface area contributed by atoms with Gasteiger partial charge in [-0.25, -0.2) is 4.85 Å². The van der Waals surface area contributed by atoms with Crippen molar-refractivity contribution < 1.29 is 4.43 Å². The molecule has 0 aromatic rings. The Balaban J connectivity index is 3.88. The highest BCUT2D eigenvalue weighted by Gasteiger charge is 2.12. The van der Waals surface area contributed by atoms with Crippen LogP contribution in [0.3, 0.4) is 0 Å². The maximum Gasteiger partial charge on any atom is 0.239 e. The van der Waals surface area contributed by atoms with Crippen molar-refractivity contribution in [3.63, 3.8) is 0 Å². The number of hydrogen-bond donors (Lipinski definition) is 0. The molecule has 0 saturated carbocycles. The first-order valence-corrected chi connectivity index (χ1v) is 6.58. The van der Waals surface area contributed by atoms with Crippen LogP contribution in [-0.2, 0) is 4.43 Å². The van der Waals surface area contributed by atoms with E-state index in [4.69, 9.17) is 11.0 Å². The quantitative estimate of drug-likeness (QED) is 0.339. The van der Waals surface area contributed by atoms with Crippen LogP contribution in [-0.4, -0.2) is 8.32 Å². The second kappa shape index (κ2) is 3.42. The van der Waals surface area contributed by atoms with E-state index in [2.05, 4.69) is 24.5 Å². The zero-order valence-corrected chi connectivity index (χ0v) is 7.93. The molecular weight excluding hydrogens is 142 g/mol. The van der Waals surface area contributed by atoms with E-state index in [9.17, 15) is 0 Å². The lowest BCUT2D eigenvalue weighted by Gasteiger charge is -2.14. The normalized spacial score (nSPS) is 12.5. The number of hydrogen-bond acceptors (Lipinski definition) is 1. The third-order valence-electron chi connectivity index (χ3n) is 0.759. The summed E-state index contributed by atoms with van der Waals surface area (Å²) in [6, 6.07) is 0. The van der Waals surface area contributed by atoms with Crippen LogP contribution in [0.15, 0.2) is 12.0 Å². The molecule has 0 atom stereocenters. The predicted octanol–water partition coefficient (Wildman–Crippen LogP) is 2.62. The molecule has 56 valence electrons. The summed E-state index contributed by atoms with van der Waals surface area (Å²) in [5.41, 5.74) is 0.613. The lowest BCUT2D eigenvalue weighted by Crippen LogP contribution is -2.22. The fraction of sp³-hybridized carbons (Fsp3) is 0.571. The van der Waals surface area contributed by atoms with Gasteiger partial charge in [-0.05, 0) is 26.6 Å². The van der Waals surface area contributed by atoms with Crippen LogP contribution in [0.2, 0.25) is 19.6 Å². The Kier molecular flexibility index (Phi) is 3.17. The van der Waals surface area contributed by atoms with Crippen molar-refractivity contribution >= 4 is 8.32 Å². The van der Waals surface area contributed by atoms with E-state index in [1.54, 1.807) is 13.2 Å². The predicted molar refractivity (Wildman–Crippen MR) is 44.8 cm³/mol. The number of allylic oxidation sites excluding steroid dienone is 1. The molecule has 0 aromatic heterocycles. The molecule has 0 radical (unpaired) electrons. The molecule has 10 heavy (non-hydrogen) atoms. The average molecular weight is 155 g/mol. The second-order valence-corrected chi connectivity index (χ2v) is 7.56. The van der Waals surface area contributed by atoms with Crippen LogP contribution in [0.4, 0.5) is 0 Å². The molecule has 0 saturated heterocycles. The maximum atomic E-state index is 6.61. The highest BCUT2D eigenvalue weighted by molar-refractivity contribution is 6.69. The summed E-state index contributed by atoms with van der Waals surface area (Å²) >= 11 is 0. The first kappa shape index (κ1) is 9.25. The van der Waals surface area contributed by atoms with E-state index in [1.165, 1.54) is 0 Å². The second-order valence-electron chi connectivity index (χ2n) is 3.10. The lowest BCUT2D eigenvalue weighted by molar-refractivity contribution is 0.475. The standard InChI is InChI=1S/C7H13NOSi/c1-7(8-2)6-9-10(3,4)5/h6H,1,3-5H3/b7-6-. The van der Waals surface area contributed by atoms with E-state index in [0.717, 1.165) is 0 Å². The molecule has 0 rings (SSSR count). The molecule has 0 heterocycles. The van der Waals surface area contributed by atoms with Gasteiger partial charge < -0.3 is 4.43 Å². The molecule has 0 spiro atoms. The molecule has 0 N–H and O–H groups in total. The molecule has 0 amide bonds. The Morgan fingerprint density at radius 2 is 2.00 bits per heavy atom. The number of nitrogens with zero attached hydrogens (tertiary/aromatic N) is 1. The van der Waals surface area contributed by atoms with Gasteiger partial charge in [-0.1, -0.05) is 0 Å². The molecule has 0 aliphatic heterocycles. The topological polar surface area (TPSA) is 13.6 Å². The van der Waals surface area contributed by atoms with Crippen LogP contribution in [0, 0.1) is 6.57 Å². The molecule has 0 fully saturated rings. The molecule has 0 aliphatic carbocycles. The van der Waals surface area contributed by atoms with Crippen LogP contribution in [0.25, 0.3) is 4.85 Å². The summed E-state index contributed by atoms with van der Waals surface area (Å²) in [4.78, 5) is 3.20. The Morgan fingerprint density at radius 1 is 1.50 bits per heavy atom. The lowest BCUT2D eigenvalue weighted by atomic mass is 10.6. The van der Waals surface area contributed by atoms with Crippen LogP contribution >= 0.6 is 0 Å². The van der Waals surface area contributed by atoms with Crippen molar-refractivity contribution in [3.8, 4) is 0 Å². The minimum atomic E-state index is -1.46. The Bertz CT molecular complexity index is 173. The summed E-state index contributed by atoms with van der Waals surface area (Å²) in [7, 11) is -1.46. The van der Waals surface area contributed by atoms with Crippen molar-refractivity contribution in [2.75, 3.05) is 0 Å². The molecule has 0 unspecified atom stereocenters. The highest BCUT2D eigenvalue weighted by atomic mass is 28.4. The highest BCUT2D eigenvalue weighted by Crippen LogP contribution is 2.05. The van der Waals surface area contributed by atoms with Crippen molar-refractivity contribution in [1.82, 2.24) is 0 Å². The van der Waals surface area contributed by atoms with E-state index in [0.29, 0.717) is 5.70 Å². The third kappa shape index (κ3) is 5.38. The molecular formula is C7H13NOSi. The Labute approximate surface area is 63.5 Å². The fourth-order valence-corrected chi connectivity index (χ4v) is 0.813. The maximum absolute atomic E-state index is 6.61. The van der Waals surface area contributed by atoms with Gasteiger partial charge in [0.2, 0.25) is 8.32 Å². The molecule has 3 heteroatoms. The van der Waals surface area contributed by atoms with Gasteiger partial charge in [0, 0.05) is 0 Å². The van der Waals surface area contributed by atoms with Gasteiger partial charge in [0.15, 0.2) is 5.70 Å². The Morgan fingerprint density at radius 3 is 2.30 bits per heavy atom. The van der Waals surface area contributed by atoms with Crippen molar-refractivity contribution in [3.05, 3.63) is 23.4 Å². The fourth-order valence-electron chi connectivity index (χ4n) is 0.288. The van der Waals surface area contributed by atoms with E-state index in [-0.39, 0.29) is 0 Å². The minimum Gasteiger partial charge on any atom is -0.558 e. The van der Waals surface area contributed by atoms with Gasteiger partial charge in [-0.3, -0.25) is 0 Å². The average Bonchev–Trinajstić information content (AvgIpc) is 1.81. The van der Waals surface area contributed by atoms with Crippen LogP contribution in [0.1, 0.15) is 6.92 Å². The van der Waals surface area contributed by atoms with Gasteiger partial charge in [0.25, 0.3) is 0 Å². The molecule has 0 bridgehead atoms. The van der Waals surface area contributed by atoms with E-state index < -0.39 is 8.32 Å². The van der Waals surface area contributed by atoms with Crippen LogP contribution < -0.4 is 0 Å². The molecule has 0 aliphatic rings. The zero-order chi connectivity index (χ0) is 8.20. The zero-order valence-electron chi connectivity index (χ0n) is 6.93. The van der Waals surface area contributed by atoms with Crippen molar-refractivity contribution in [2.24, 2.45) is 0 Å². The third-order valence-corrected chi connectivity index (χ3v) is 1.58. The molecule has 0 aromatic carbocycles. The van der Waals surface area contributed by atoms with Gasteiger partial charge in [0.05, 0.1) is 12.8 Å². The summed E-state index contributed by atoms with van der Waals surface area (Å²) in [5, 5.41) is 0. The van der Waals surface area contributed by atoms with Gasteiger partial charge in [-0.15, -0.1) is 0 Å². The molecule has 2 nitrogen and oxygen atoms in total. The summed E-state index contributed by atoms with van der Waals surface area (Å²) < 4.78 is 5.35. The largest absolute Gasteiger partial charge is 0.558 e. The van der Waals surface area contributed by atoms with Crippen LogP contribution in [0.5, 0.6) is 0 Å². The first-order chi connectivity index (χ1) is 4.45. The van der Waals surface area contributed by atoms with Gasteiger partial charge >= 0.3 is 0 Å². The van der Waals surface area contributed by atoms with E-state index >= 15 is 0 Å². The van der Waals surface area contributed by atoms with E-state index in [1.807, 2.05) is 0 Å². The Hall–Kier alpha value is -0.753. The van der Waals surface area contributed by atoms with Crippen molar-refractivity contribution in [2.45, 2.75) is 26.6 Å². The monoisotopic (exact) mass is 155 g/mol.